The van der Waals surface area contributed by atoms with Crippen molar-refractivity contribution in [3.63, 3.8) is 0 Å². The monoisotopic (exact) mass is 281 g/mol. The molecule has 1 unspecified atom stereocenters. The van der Waals surface area contributed by atoms with Crippen LogP contribution in [0.25, 0.3) is 0 Å². The molecule has 19 heavy (non-hydrogen) atoms. The van der Waals surface area contributed by atoms with Gasteiger partial charge in [0.15, 0.2) is 0 Å². The lowest BCUT2D eigenvalue weighted by atomic mass is 10.2. The van der Waals surface area contributed by atoms with E-state index < -0.39 is 16.0 Å². The first-order chi connectivity index (χ1) is 8.88. The van der Waals surface area contributed by atoms with Crippen molar-refractivity contribution in [3.05, 3.63) is 42.0 Å². The van der Waals surface area contributed by atoms with Gasteiger partial charge < -0.3 is 5.11 Å². The minimum Gasteiger partial charge on any atom is -0.481 e. The molecule has 1 aromatic carbocycles. The Bertz CT molecular complexity index is 604. The number of aliphatic carboxylic acids is 1. The Morgan fingerprint density at radius 2 is 1.95 bits per heavy atom. The van der Waals surface area contributed by atoms with Gasteiger partial charge in [0, 0.05) is 6.54 Å². The molecule has 0 saturated heterocycles. The first kappa shape index (κ1) is 13.8. The van der Waals surface area contributed by atoms with Crippen LogP contribution in [0.15, 0.2) is 41.3 Å². The van der Waals surface area contributed by atoms with Crippen molar-refractivity contribution in [2.45, 2.75) is 17.7 Å². The molecule has 2 N–H and O–H groups in total. The van der Waals surface area contributed by atoms with E-state index in [0.29, 0.717) is 12.1 Å². The van der Waals surface area contributed by atoms with E-state index in [-0.39, 0.29) is 17.2 Å². The van der Waals surface area contributed by atoms with Crippen LogP contribution in [0.1, 0.15) is 12.0 Å². The van der Waals surface area contributed by atoms with E-state index in [4.69, 9.17) is 5.11 Å². The van der Waals surface area contributed by atoms with E-state index in [1.807, 2.05) is 0 Å². The summed E-state index contributed by atoms with van der Waals surface area (Å²) in [5.74, 6) is -0.693. The summed E-state index contributed by atoms with van der Waals surface area (Å²) in [6.45, 7) is 4.14. The summed E-state index contributed by atoms with van der Waals surface area (Å²) < 4.78 is 26.4. The maximum Gasteiger partial charge on any atom is 0.307 e. The first-order valence-electron chi connectivity index (χ1n) is 5.86. The molecule has 5 nitrogen and oxygen atoms in total. The highest BCUT2D eigenvalue weighted by atomic mass is 32.2. The van der Waals surface area contributed by atoms with Crippen molar-refractivity contribution in [1.29, 1.82) is 0 Å². The van der Waals surface area contributed by atoms with Crippen LogP contribution < -0.4 is 4.72 Å². The molecular weight excluding hydrogens is 266 g/mol. The second-order valence-electron chi connectivity index (χ2n) is 4.63. The Kier molecular flexibility index (Phi) is 3.73. The third-order valence-corrected chi connectivity index (χ3v) is 4.47. The van der Waals surface area contributed by atoms with Crippen LogP contribution in [0.4, 0.5) is 0 Å². The number of carboxylic acid groups (broad SMARTS) is 1. The van der Waals surface area contributed by atoms with E-state index >= 15 is 0 Å². The normalized spacial score (nSPS) is 18.3. The summed E-state index contributed by atoms with van der Waals surface area (Å²) in [5, 5.41) is 8.63. The molecule has 2 rings (SSSR count). The molecule has 102 valence electrons. The fourth-order valence-corrected chi connectivity index (χ4v) is 2.81. The third-order valence-electron chi connectivity index (χ3n) is 3.03. The number of benzene rings is 1. The van der Waals surface area contributed by atoms with Crippen molar-refractivity contribution in [3.8, 4) is 0 Å². The lowest BCUT2D eigenvalue weighted by molar-refractivity contribution is -0.136. The molecule has 1 aliphatic carbocycles. The van der Waals surface area contributed by atoms with Crippen LogP contribution in [0.3, 0.4) is 0 Å². The number of hydrogen-bond acceptors (Lipinski definition) is 3. The highest BCUT2D eigenvalue weighted by Crippen LogP contribution is 2.34. The SMILES string of the molecule is C=C1CC1CNS(=O)(=O)c1ccc(CC(=O)O)cc1. The van der Waals surface area contributed by atoms with Gasteiger partial charge in [0.1, 0.15) is 0 Å². The zero-order chi connectivity index (χ0) is 14.0. The minimum absolute atomic E-state index is 0.115. The Morgan fingerprint density at radius 3 is 2.42 bits per heavy atom. The minimum atomic E-state index is -3.52. The zero-order valence-electron chi connectivity index (χ0n) is 10.3. The van der Waals surface area contributed by atoms with Crippen LogP contribution in [-0.4, -0.2) is 26.0 Å². The molecule has 0 amide bonds. The summed E-state index contributed by atoms with van der Waals surface area (Å²) in [5.41, 5.74) is 1.64. The summed E-state index contributed by atoms with van der Waals surface area (Å²) >= 11 is 0. The number of carboxylic acids is 1. The Balaban J connectivity index is 2.03. The van der Waals surface area contributed by atoms with Crippen molar-refractivity contribution in [2.75, 3.05) is 6.54 Å². The lowest BCUT2D eigenvalue weighted by Gasteiger charge is -2.06. The van der Waals surface area contributed by atoms with Crippen LogP contribution in [0.5, 0.6) is 0 Å². The number of sulfonamides is 1. The fraction of sp³-hybridized carbons (Fsp3) is 0.308. The van der Waals surface area contributed by atoms with E-state index in [9.17, 15) is 13.2 Å². The van der Waals surface area contributed by atoms with E-state index in [0.717, 1.165) is 12.0 Å². The van der Waals surface area contributed by atoms with Crippen molar-refractivity contribution in [1.82, 2.24) is 4.72 Å². The van der Waals surface area contributed by atoms with Gasteiger partial charge >= 0.3 is 5.97 Å². The predicted molar refractivity (Wildman–Crippen MR) is 70.2 cm³/mol. The van der Waals surface area contributed by atoms with Crippen LogP contribution >= 0.6 is 0 Å². The first-order valence-corrected chi connectivity index (χ1v) is 7.35. The summed E-state index contributed by atoms with van der Waals surface area (Å²) in [7, 11) is -3.52. The molecule has 0 aliphatic heterocycles. The number of carbonyl (C=O) groups is 1. The topological polar surface area (TPSA) is 83.5 Å². The Labute approximate surface area is 112 Å². The Morgan fingerprint density at radius 1 is 1.37 bits per heavy atom. The summed E-state index contributed by atoms with van der Waals surface area (Å²) in [6, 6.07) is 5.86. The molecule has 1 atom stereocenters. The van der Waals surface area contributed by atoms with Crippen LogP contribution in [0, 0.1) is 5.92 Å². The maximum atomic E-state index is 11.9. The largest absolute Gasteiger partial charge is 0.481 e. The molecule has 1 aliphatic rings. The van der Waals surface area contributed by atoms with Gasteiger partial charge in [-0.1, -0.05) is 24.3 Å². The average molecular weight is 281 g/mol. The maximum absolute atomic E-state index is 11.9. The van der Waals surface area contributed by atoms with Gasteiger partial charge in [0.25, 0.3) is 0 Å². The zero-order valence-corrected chi connectivity index (χ0v) is 11.1. The van der Waals surface area contributed by atoms with Crippen LogP contribution in [-0.2, 0) is 21.2 Å². The molecule has 0 aromatic heterocycles. The van der Waals surface area contributed by atoms with Gasteiger partial charge in [-0.05, 0) is 30.0 Å². The van der Waals surface area contributed by atoms with E-state index in [1.54, 1.807) is 0 Å². The second-order valence-corrected chi connectivity index (χ2v) is 6.39. The Hall–Kier alpha value is -1.66. The van der Waals surface area contributed by atoms with Crippen molar-refractivity contribution >= 4 is 16.0 Å². The predicted octanol–water partition coefficient (Wildman–Crippen LogP) is 1.17. The van der Waals surface area contributed by atoms with Gasteiger partial charge in [-0.2, -0.15) is 0 Å². The molecule has 1 aromatic rings. The lowest BCUT2D eigenvalue weighted by Crippen LogP contribution is -2.25. The van der Waals surface area contributed by atoms with E-state index in [2.05, 4.69) is 11.3 Å². The molecule has 6 heteroatoms. The summed E-state index contributed by atoms with van der Waals surface area (Å²) in [6.07, 6.45) is 0.760. The van der Waals surface area contributed by atoms with Crippen molar-refractivity contribution in [2.24, 2.45) is 5.92 Å². The fourth-order valence-electron chi connectivity index (χ4n) is 1.73. The number of hydrogen-bond donors (Lipinski definition) is 2. The molecule has 0 bridgehead atoms. The number of rotatable bonds is 6. The smallest absolute Gasteiger partial charge is 0.307 e. The average Bonchev–Trinajstić information content (AvgIpc) is 3.03. The molecule has 1 saturated carbocycles. The second kappa shape index (κ2) is 5.14. The van der Waals surface area contributed by atoms with Gasteiger partial charge in [0.2, 0.25) is 10.0 Å². The quantitative estimate of drug-likeness (QED) is 0.767. The van der Waals surface area contributed by atoms with Crippen molar-refractivity contribution < 1.29 is 18.3 Å². The van der Waals surface area contributed by atoms with Gasteiger partial charge in [-0.25, -0.2) is 13.1 Å². The standard InChI is InChI=1S/C13H15NO4S/c1-9-6-11(9)8-14-19(17,18)12-4-2-10(3-5-12)7-13(15)16/h2-5,11,14H,1,6-8H2,(H,15,16). The number of nitrogens with one attached hydrogen (secondary N) is 1. The molecule has 0 heterocycles. The van der Waals surface area contributed by atoms with E-state index in [1.165, 1.54) is 24.3 Å². The summed E-state index contributed by atoms with van der Waals surface area (Å²) in [4.78, 5) is 10.7. The molecular formula is C13H15NO4S. The molecule has 0 radical (unpaired) electrons. The molecule has 0 spiro atoms. The van der Waals surface area contributed by atoms with Gasteiger partial charge in [-0.3, -0.25) is 4.79 Å². The van der Waals surface area contributed by atoms with Gasteiger partial charge in [0.05, 0.1) is 11.3 Å². The van der Waals surface area contributed by atoms with Gasteiger partial charge in [-0.15, -0.1) is 0 Å². The highest BCUT2D eigenvalue weighted by molar-refractivity contribution is 7.89. The highest BCUT2D eigenvalue weighted by Gasteiger charge is 2.28. The molecule has 1 fully saturated rings. The van der Waals surface area contributed by atoms with Crippen LogP contribution in [0.2, 0.25) is 0 Å². The third kappa shape index (κ3) is 3.65.